The molecular formula is C11H14BrNO2S. The summed E-state index contributed by atoms with van der Waals surface area (Å²) >= 11 is 3.30. The van der Waals surface area contributed by atoms with Gasteiger partial charge in [0, 0.05) is 11.0 Å². The quantitative estimate of drug-likeness (QED) is 0.909. The molecule has 0 aliphatic carbocycles. The van der Waals surface area contributed by atoms with Crippen molar-refractivity contribution in [2.24, 2.45) is 0 Å². The van der Waals surface area contributed by atoms with Gasteiger partial charge in [0.1, 0.15) is 0 Å². The molecule has 88 valence electrons. The van der Waals surface area contributed by atoms with E-state index in [0.717, 1.165) is 19.4 Å². The predicted molar refractivity (Wildman–Crippen MR) is 67.2 cm³/mol. The standard InChI is InChI=1S/C11H14BrNO2S/c12-10-5-1-2-6-11(10)16(14,15)9-4-3-7-13-8-9/h1-2,5-6,9,13H,3-4,7-8H2. The van der Waals surface area contributed by atoms with Crippen LogP contribution in [0.15, 0.2) is 33.6 Å². The van der Waals surface area contributed by atoms with E-state index < -0.39 is 9.84 Å². The zero-order valence-corrected chi connectivity index (χ0v) is 11.2. The first-order valence-corrected chi connectivity index (χ1v) is 7.65. The van der Waals surface area contributed by atoms with E-state index in [1.807, 2.05) is 6.07 Å². The summed E-state index contributed by atoms with van der Waals surface area (Å²) in [6.07, 6.45) is 1.67. The fourth-order valence-corrected chi connectivity index (χ4v) is 4.68. The number of piperidine rings is 1. The van der Waals surface area contributed by atoms with Crippen LogP contribution in [0.4, 0.5) is 0 Å². The maximum Gasteiger partial charge on any atom is 0.183 e. The van der Waals surface area contributed by atoms with E-state index in [1.165, 1.54) is 0 Å². The number of hydrogen-bond donors (Lipinski definition) is 1. The number of hydrogen-bond acceptors (Lipinski definition) is 3. The van der Waals surface area contributed by atoms with Gasteiger partial charge >= 0.3 is 0 Å². The number of sulfone groups is 1. The first-order valence-electron chi connectivity index (χ1n) is 5.31. The molecule has 1 aromatic rings. The van der Waals surface area contributed by atoms with Crippen LogP contribution in [0.3, 0.4) is 0 Å². The molecule has 0 radical (unpaired) electrons. The Morgan fingerprint density at radius 2 is 2.06 bits per heavy atom. The van der Waals surface area contributed by atoms with Crippen molar-refractivity contribution >= 4 is 25.8 Å². The summed E-state index contributed by atoms with van der Waals surface area (Å²) in [6.45, 7) is 1.48. The van der Waals surface area contributed by atoms with Crippen molar-refractivity contribution in [2.75, 3.05) is 13.1 Å². The van der Waals surface area contributed by atoms with Crippen LogP contribution in [0.25, 0.3) is 0 Å². The minimum absolute atomic E-state index is 0.292. The first kappa shape index (κ1) is 12.1. The van der Waals surface area contributed by atoms with E-state index >= 15 is 0 Å². The van der Waals surface area contributed by atoms with E-state index in [0.29, 0.717) is 15.9 Å². The molecule has 1 N–H and O–H groups in total. The largest absolute Gasteiger partial charge is 0.315 e. The van der Waals surface area contributed by atoms with Crippen molar-refractivity contribution in [3.05, 3.63) is 28.7 Å². The lowest BCUT2D eigenvalue weighted by atomic mass is 10.2. The van der Waals surface area contributed by atoms with Crippen LogP contribution in [0.2, 0.25) is 0 Å². The molecule has 0 aromatic heterocycles. The summed E-state index contributed by atoms with van der Waals surface area (Å²) < 4.78 is 25.3. The van der Waals surface area contributed by atoms with Crippen LogP contribution in [0.1, 0.15) is 12.8 Å². The molecule has 2 rings (SSSR count). The molecule has 1 aliphatic heterocycles. The van der Waals surface area contributed by atoms with Crippen molar-refractivity contribution in [3.63, 3.8) is 0 Å². The van der Waals surface area contributed by atoms with Crippen molar-refractivity contribution in [2.45, 2.75) is 23.0 Å². The van der Waals surface area contributed by atoms with E-state index in [-0.39, 0.29) is 5.25 Å². The Morgan fingerprint density at radius 1 is 1.31 bits per heavy atom. The molecule has 1 atom stereocenters. The van der Waals surface area contributed by atoms with Gasteiger partial charge < -0.3 is 5.32 Å². The lowest BCUT2D eigenvalue weighted by molar-refractivity contribution is 0.496. The fraction of sp³-hybridized carbons (Fsp3) is 0.455. The lowest BCUT2D eigenvalue weighted by Crippen LogP contribution is -2.38. The van der Waals surface area contributed by atoms with E-state index in [2.05, 4.69) is 21.2 Å². The molecule has 3 nitrogen and oxygen atoms in total. The van der Waals surface area contributed by atoms with Crippen LogP contribution >= 0.6 is 15.9 Å². The Labute approximate surface area is 104 Å². The molecule has 16 heavy (non-hydrogen) atoms. The lowest BCUT2D eigenvalue weighted by Gasteiger charge is -2.23. The highest BCUT2D eigenvalue weighted by Crippen LogP contribution is 2.27. The highest BCUT2D eigenvalue weighted by molar-refractivity contribution is 9.10. The molecule has 0 bridgehead atoms. The van der Waals surface area contributed by atoms with Gasteiger partial charge in [-0.2, -0.15) is 0 Å². The van der Waals surface area contributed by atoms with Gasteiger partial charge in [0.15, 0.2) is 9.84 Å². The second kappa shape index (κ2) is 4.85. The highest BCUT2D eigenvalue weighted by Gasteiger charge is 2.29. The summed E-state index contributed by atoms with van der Waals surface area (Å²) in [7, 11) is -3.20. The van der Waals surface area contributed by atoms with Gasteiger partial charge in [-0.05, 0) is 47.4 Å². The zero-order chi connectivity index (χ0) is 11.6. The molecule has 0 saturated carbocycles. The summed E-state index contributed by atoms with van der Waals surface area (Å²) in [5.41, 5.74) is 0. The van der Waals surface area contributed by atoms with Gasteiger partial charge in [-0.3, -0.25) is 0 Å². The number of rotatable bonds is 2. The van der Waals surface area contributed by atoms with E-state index in [4.69, 9.17) is 0 Å². The predicted octanol–water partition coefficient (Wildman–Crippen LogP) is 1.97. The summed E-state index contributed by atoms with van der Waals surface area (Å²) in [5, 5.41) is 2.84. The Kier molecular flexibility index (Phi) is 3.66. The van der Waals surface area contributed by atoms with Crippen LogP contribution in [-0.4, -0.2) is 26.8 Å². The minimum atomic E-state index is -3.20. The fourth-order valence-electron chi connectivity index (χ4n) is 1.94. The molecule has 1 aromatic carbocycles. The topological polar surface area (TPSA) is 46.2 Å². The minimum Gasteiger partial charge on any atom is -0.315 e. The van der Waals surface area contributed by atoms with Gasteiger partial charge in [-0.15, -0.1) is 0 Å². The Bertz CT molecular complexity index is 467. The third-order valence-corrected chi connectivity index (χ3v) is 6.04. The van der Waals surface area contributed by atoms with Crippen LogP contribution < -0.4 is 5.32 Å². The zero-order valence-electron chi connectivity index (χ0n) is 8.82. The van der Waals surface area contributed by atoms with Crippen LogP contribution in [0.5, 0.6) is 0 Å². The van der Waals surface area contributed by atoms with Crippen molar-refractivity contribution < 1.29 is 8.42 Å². The average Bonchev–Trinajstić information content (AvgIpc) is 2.30. The Morgan fingerprint density at radius 3 is 2.69 bits per heavy atom. The number of benzene rings is 1. The molecule has 1 heterocycles. The molecule has 1 saturated heterocycles. The van der Waals surface area contributed by atoms with Crippen LogP contribution in [0, 0.1) is 0 Å². The summed E-state index contributed by atoms with van der Waals surface area (Å²) in [5.74, 6) is 0. The Balaban J connectivity index is 2.35. The molecule has 5 heteroatoms. The molecule has 0 amide bonds. The number of halogens is 1. The van der Waals surface area contributed by atoms with Gasteiger partial charge in [0.05, 0.1) is 10.1 Å². The molecule has 1 aliphatic rings. The van der Waals surface area contributed by atoms with Crippen molar-refractivity contribution in [1.29, 1.82) is 0 Å². The van der Waals surface area contributed by atoms with Gasteiger partial charge in [0.2, 0.25) is 0 Å². The van der Waals surface area contributed by atoms with Crippen molar-refractivity contribution in [1.82, 2.24) is 5.32 Å². The molecule has 1 unspecified atom stereocenters. The molecule has 1 fully saturated rings. The average molecular weight is 304 g/mol. The second-order valence-electron chi connectivity index (χ2n) is 3.94. The summed E-state index contributed by atoms with van der Waals surface area (Å²) in [4.78, 5) is 0.406. The number of nitrogens with one attached hydrogen (secondary N) is 1. The van der Waals surface area contributed by atoms with E-state index in [1.54, 1.807) is 18.2 Å². The van der Waals surface area contributed by atoms with Crippen molar-refractivity contribution in [3.8, 4) is 0 Å². The third kappa shape index (κ3) is 2.31. The highest BCUT2D eigenvalue weighted by atomic mass is 79.9. The normalized spacial score (nSPS) is 21.9. The van der Waals surface area contributed by atoms with Gasteiger partial charge in [-0.1, -0.05) is 12.1 Å². The Hall–Kier alpha value is -0.390. The molecular weight excluding hydrogens is 290 g/mol. The maximum atomic E-state index is 12.3. The van der Waals surface area contributed by atoms with Crippen LogP contribution in [-0.2, 0) is 9.84 Å². The maximum absolute atomic E-state index is 12.3. The summed E-state index contributed by atoms with van der Waals surface area (Å²) in [6, 6.07) is 7.01. The molecule has 0 spiro atoms. The van der Waals surface area contributed by atoms with Gasteiger partial charge in [0.25, 0.3) is 0 Å². The van der Waals surface area contributed by atoms with E-state index in [9.17, 15) is 8.42 Å². The SMILES string of the molecule is O=S(=O)(c1ccccc1Br)C1CCCNC1. The smallest absolute Gasteiger partial charge is 0.183 e. The van der Waals surface area contributed by atoms with Gasteiger partial charge in [-0.25, -0.2) is 8.42 Å². The first-order chi connectivity index (χ1) is 7.62. The monoisotopic (exact) mass is 303 g/mol. The third-order valence-electron chi connectivity index (χ3n) is 2.83. The second-order valence-corrected chi connectivity index (χ2v) is 6.99.